The van der Waals surface area contributed by atoms with Crippen LogP contribution in [0.1, 0.15) is 46.0 Å². The third kappa shape index (κ3) is 6.54. The predicted octanol–water partition coefficient (Wildman–Crippen LogP) is 4.20. The summed E-state index contributed by atoms with van der Waals surface area (Å²) < 4.78 is 5.94. The Bertz CT molecular complexity index is 263. The fourth-order valence-electron chi connectivity index (χ4n) is 1.87. The predicted molar refractivity (Wildman–Crippen MR) is 79.5 cm³/mol. The van der Waals surface area contributed by atoms with Gasteiger partial charge in [0.25, 0.3) is 0 Å². The van der Waals surface area contributed by atoms with Crippen molar-refractivity contribution in [3.8, 4) is 0 Å². The molecule has 3 nitrogen and oxygen atoms in total. The van der Waals surface area contributed by atoms with Gasteiger partial charge in [-0.15, -0.1) is 0 Å². The van der Waals surface area contributed by atoms with Crippen LogP contribution in [-0.2, 0) is 9.26 Å². The lowest BCUT2D eigenvalue weighted by molar-refractivity contribution is -0.00725. The fourth-order valence-corrected chi connectivity index (χ4v) is 2.53. The van der Waals surface area contributed by atoms with Crippen LogP contribution in [0.3, 0.4) is 0 Å². The summed E-state index contributed by atoms with van der Waals surface area (Å²) in [4.78, 5) is 5.72. The lowest BCUT2D eigenvalue weighted by Gasteiger charge is -2.24. The van der Waals surface area contributed by atoms with Gasteiger partial charge in [0.1, 0.15) is 0 Å². The Morgan fingerprint density at radius 2 is 1.72 bits per heavy atom. The number of rotatable bonds is 6. The average molecular weight is 271 g/mol. The molecule has 0 aromatic heterocycles. The van der Waals surface area contributed by atoms with E-state index in [0.29, 0.717) is 12.5 Å². The van der Waals surface area contributed by atoms with Crippen molar-refractivity contribution in [1.29, 1.82) is 0 Å². The highest BCUT2D eigenvalue weighted by atomic mass is 28.4. The molecule has 0 heterocycles. The zero-order chi connectivity index (χ0) is 13.6. The number of oxime groups is 1. The smallest absolute Gasteiger partial charge is 0.183 e. The van der Waals surface area contributed by atoms with E-state index in [-0.39, 0.29) is 6.10 Å². The van der Waals surface area contributed by atoms with E-state index < -0.39 is 8.32 Å². The second kappa shape index (κ2) is 7.29. The largest absolute Gasteiger partial charge is 0.414 e. The molecule has 1 rings (SSSR count). The molecule has 0 radical (unpaired) electrons. The average Bonchev–Trinajstić information content (AvgIpc) is 2.28. The van der Waals surface area contributed by atoms with Gasteiger partial charge in [-0.3, -0.25) is 0 Å². The van der Waals surface area contributed by atoms with Crippen molar-refractivity contribution < 1.29 is 9.26 Å². The van der Waals surface area contributed by atoms with Gasteiger partial charge in [-0.25, -0.2) is 0 Å². The monoisotopic (exact) mass is 271 g/mol. The van der Waals surface area contributed by atoms with Crippen LogP contribution in [0.4, 0.5) is 0 Å². The van der Waals surface area contributed by atoms with Crippen LogP contribution >= 0.6 is 0 Å². The molecule has 1 fully saturated rings. The number of nitrogens with zero attached hydrogens (tertiary/aromatic N) is 1. The van der Waals surface area contributed by atoms with Crippen molar-refractivity contribution in [2.75, 3.05) is 6.61 Å². The Morgan fingerprint density at radius 3 is 2.22 bits per heavy atom. The molecule has 4 heteroatoms. The second-order valence-corrected chi connectivity index (χ2v) is 11.0. The first-order chi connectivity index (χ1) is 8.38. The summed E-state index contributed by atoms with van der Waals surface area (Å²) in [6.07, 6.45) is 6.18. The van der Waals surface area contributed by atoms with Gasteiger partial charge in [0.05, 0.1) is 12.3 Å². The van der Waals surface area contributed by atoms with Gasteiger partial charge >= 0.3 is 0 Å². The van der Waals surface area contributed by atoms with E-state index in [2.05, 4.69) is 38.6 Å². The van der Waals surface area contributed by atoms with Crippen LogP contribution in [0.5, 0.6) is 0 Å². The van der Waals surface area contributed by atoms with Crippen LogP contribution in [-0.4, -0.2) is 26.7 Å². The van der Waals surface area contributed by atoms with Gasteiger partial charge in [0.2, 0.25) is 0 Å². The second-order valence-electron chi connectivity index (χ2n) is 6.53. The van der Waals surface area contributed by atoms with Gasteiger partial charge in [0, 0.05) is 0 Å². The summed E-state index contributed by atoms with van der Waals surface area (Å²) >= 11 is 0. The van der Waals surface area contributed by atoms with Crippen LogP contribution in [0.25, 0.3) is 0 Å². The minimum atomic E-state index is -1.46. The summed E-state index contributed by atoms with van der Waals surface area (Å²) in [6.45, 7) is 11.6. The van der Waals surface area contributed by atoms with Crippen LogP contribution in [0.15, 0.2) is 5.16 Å². The lowest BCUT2D eigenvalue weighted by Crippen LogP contribution is -2.33. The van der Waals surface area contributed by atoms with Gasteiger partial charge in [-0.2, -0.15) is 0 Å². The summed E-state index contributed by atoms with van der Waals surface area (Å²) in [5.74, 6) is 0.439. The standard InChI is InChI=1S/C14H29NO2Si/c1-12(2)14(11-16-18(3,4)5)17-15-13-9-7-6-8-10-13/h12,14H,6-11H2,1-5H3/t14-/m1/s1. The number of hydrogen-bond donors (Lipinski definition) is 0. The minimum absolute atomic E-state index is 0.0890. The Morgan fingerprint density at radius 1 is 1.11 bits per heavy atom. The molecule has 1 atom stereocenters. The van der Waals surface area contributed by atoms with Crippen molar-refractivity contribution in [2.45, 2.75) is 71.7 Å². The zero-order valence-electron chi connectivity index (χ0n) is 12.7. The fraction of sp³-hybridized carbons (Fsp3) is 0.929. The van der Waals surface area contributed by atoms with Gasteiger partial charge in [0.15, 0.2) is 14.4 Å². The Balaban J connectivity index is 2.42. The molecule has 0 aliphatic heterocycles. The Labute approximate surface area is 113 Å². The summed E-state index contributed by atoms with van der Waals surface area (Å²) in [7, 11) is -1.46. The van der Waals surface area contributed by atoms with E-state index in [0.717, 1.165) is 12.8 Å². The van der Waals surface area contributed by atoms with E-state index in [9.17, 15) is 0 Å². The molecule has 0 bridgehead atoms. The third-order valence-corrected chi connectivity index (χ3v) is 4.20. The first-order valence-electron chi connectivity index (χ1n) is 7.24. The van der Waals surface area contributed by atoms with Gasteiger partial charge in [-0.1, -0.05) is 25.4 Å². The van der Waals surface area contributed by atoms with Gasteiger partial charge in [-0.05, 0) is 51.2 Å². The summed E-state index contributed by atoms with van der Waals surface area (Å²) in [6, 6.07) is 0. The van der Waals surface area contributed by atoms with Crippen molar-refractivity contribution in [3.63, 3.8) is 0 Å². The van der Waals surface area contributed by atoms with Crippen molar-refractivity contribution >= 4 is 14.0 Å². The summed E-state index contributed by atoms with van der Waals surface area (Å²) in [5, 5.41) is 4.36. The SMILES string of the molecule is CC(C)[C@@H](CO[Si](C)(C)C)ON=C1CCCCC1. The molecule has 106 valence electrons. The Kier molecular flexibility index (Phi) is 6.36. The number of hydrogen-bond acceptors (Lipinski definition) is 3. The van der Waals surface area contributed by atoms with Crippen LogP contribution < -0.4 is 0 Å². The first kappa shape index (κ1) is 15.7. The molecule has 18 heavy (non-hydrogen) atoms. The molecule has 0 amide bonds. The van der Waals surface area contributed by atoms with Crippen LogP contribution in [0.2, 0.25) is 19.6 Å². The summed E-state index contributed by atoms with van der Waals surface area (Å²) in [5.41, 5.74) is 1.24. The van der Waals surface area contributed by atoms with E-state index in [1.54, 1.807) is 0 Å². The van der Waals surface area contributed by atoms with E-state index >= 15 is 0 Å². The molecule has 0 saturated heterocycles. The molecule has 0 aromatic carbocycles. The molecule has 1 aliphatic rings. The quantitative estimate of drug-likeness (QED) is 0.535. The van der Waals surface area contributed by atoms with E-state index in [4.69, 9.17) is 9.26 Å². The highest BCUT2D eigenvalue weighted by Gasteiger charge is 2.21. The molecule has 0 spiro atoms. The third-order valence-electron chi connectivity index (χ3n) is 3.17. The van der Waals surface area contributed by atoms with Crippen molar-refractivity contribution in [1.82, 2.24) is 0 Å². The maximum Gasteiger partial charge on any atom is 0.183 e. The van der Waals surface area contributed by atoms with E-state index in [1.165, 1.54) is 25.0 Å². The topological polar surface area (TPSA) is 30.8 Å². The zero-order valence-corrected chi connectivity index (χ0v) is 13.7. The molecule has 1 aliphatic carbocycles. The molecular formula is C14H29NO2Si. The maximum absolute atomic E-state index is 5.94. The lowest BCUT2D eigenvalue weighted by atomic mass is 9.99. The molecular weight excluding hydrogens is 242 g/mol. The minimum Gasteiger partial charge on any atom is -0.414 e. The molecule has 0 unspecified atom stereocenters. The highest BCUT2D eigenvalue weighted by Crippen LogP contribution is 2.17. The maximum atomic E-state index is 5.94. The van der Waals surface area contributed by atoms with Crippen molar-refractivity contribution in [2.24, 2.45) is 11.1 Å². The van der Waals surface area contributed by atoms with Crippen molar-refractivity contribution in [3.05, 3.63) is 0 Å². The van der Waals surface area contributed by atoms with Gasteiger partial charge < -0.3 is 9.26 Å². The Hall–Kier alpha value is -0.353. The first-order valence-corrected chi connectivity index (χ1v) is 10.6. The highest BCUT2D eigenvalue weighted by molar-refractivity contribution is 6.69. The molecule has 0 aromatic rings. The molecule has 0 N–H and O–H groups in total. The molecule has 1 saturated carbocycles. The van der Waals surface area contributed by atoms with Crippen LogP contribution in [0, 0.1) is 5.92 Å². The normalized spacial score (nSPS) is 18.9. The van der Waals surface area contributed by atoms with E-state index in [1.807, 2.05) is 0 Å².